The van der Waals surface area contributed by atoms with E-state index in [1.807, 2.05) is 19.2 Å². The second-order valence-electron chi connectivity index (χ2n) is 4.87. The molecule has 0 fully saturated rings. The number of aryl methyl sites for hydroxylation is 1. The lowest BCUT2D eigenvalue weighted by Crippen LogP contribution is -2.16. The second kappa shape index (κ2) is 5.21. The van der Waals surface area contributed by atoms with Crippen LogP contribution < -0.4 is 5.32 Å². The van der Waals surface area contributed by atoms with E-state index in [1.165, 1.54) is 5.56 Å². The zero-order valence-electron chi connectivity index (χ0n) is 11.4. The second-order valence-corrected chi connectivity index (χ2v) is 4.87. The van der Waals surface area contributed by atoms with Crippen molar-refractivity contribution >= 4 is 5.95 Å². The summed E-state index contributed by atoms with van der Waals surface area (Å²) in [4.78, 5) is 8.70. The molecule has 0 aliphatic carbocycles. The standard InChI is InChI=1S/C14H20N4/c1-10(2)16-14-17-11(3)9-18(14)12(4)13-6-5-7-15-8-13/h5-10,12H,1-4H3,(H,16,17). The monoisotopic (exact) mass is 244 g/mol. The van der Waals surface area contributed by atoms with Gasteiger partial charge < -0.3 is 9.88 Å². The van der Waals surface area contributed by atoms with Gasteiger partial charge in [0.2, 0.25) is 5.95 Å². The lowest BCUT2D eigenvalue weighted by atomic mass is 10.1. The van der Waals surface area contributed by atoms with Gasteiger partial charge in [0.1, 0.15) is 0 Å². The molecule has 1 unspecified atom stereocenters. The van der Waals surface area contributed by atoms with Crippen LogP contribution in [0.2, 0.25) is 0 Å². The van der Waals surface area contributed by atoms with E-state index < -0.39 is 0 Å². The fraction of sp³-hybridized carbons (Fsp3) is 0.429. The minimum absolute atomic E-state index is 0.223. The Hall–Kier alpha value is -1.84. The van der Waals surface area contributed by atoms with Gasteiger partial charge in [-0.3, -0.25) is 4.98 Å². The molecule has 1 N–H and O–H groups in total. The van der Waals surface area contributed by atoms with Gasteiger partial charge in [-0.25, -0.2) is 4.98 Å². The zero-order valence-corrected chi connectivity index (χ0v) is 11.4. The third kappa shape index (κ3) is 2.70. The number of aromatic nitrogens is 3. The van der Waals surface area contributed by atoms with Crippen molar-refractivity contribution in [2.24, 2.45) is 0 Å². The molecule has 0 bridgehead atoms. The number of imidazole rings is 1. The molecule has 18 heavy (non-hydrogen) atoms. The van der Waals surface area contributed by atoms with E-state index in [9.17, 15) is 0 Å². The van der Waals surface area contributed by atoms with E-state index >= 15 is 0 Å². The Bertz CT molecular complexity index is 502. The van der Waals surface area contributed by atoms with Crippen molar-refractivity contribution in [3.8, 4) is 0 Å². The first-order valence-corrected chi connectivity index (χ1v) is 6.30. The van der Waals surface area contributed by atoms with Gasteiger partial charge in [0, 0.05) is 24.6 Å². The third-order valence-corrected chi connectivity index (χ3v) is 2.85. The SMILES string of the molecule is Cc1cn(C(C)c2cccnc2)c(NC(C)C)n1. The van der Waals surface area contributed by atoms with E-state index in [2.05, 4.69) is 52.9 Å². The Morgan fingerprint density at radius 2 is 2.06 bits per heavy atom. The van der Waals surface area contributed by atoms with Crippen molar-refractivity contribution in [2.75, 3.05) is 5.32 Å². The highest BCUT2D eigenvalue weighted by Gasteiger charge is 2.14. The number of nitrogens with one attached hydrogen (secondary N) is 1. The summed E-state index contributed by atoms with van der Waals surface area (Å²) in [5, 5.41) is 3.38. The Balaban J connectivity index is 2.32. The molecule has 2 rings (SSSR count). The van der Waals surface area contributed by atoms with E-state index in [-0.39, 0.29) is 6.04 Å². The molecular weight excluding hydrogens is 224 g/mol. The molecule has 2 aromatic heterocycles. The summed E-state index contributed by atoms with van der Waals surface area (Å²) in [6.07, 6.45) is 5.77. The van der Waals surface area contributed by atoms with Crippen LogP contribution in [0, 0.1) is 6.92 Å². The molecule has 0 radical (unpaired) electrons. The first kappa shape index (κ1) is 12.6. The third-order valence-electron chi connectivity index (χ3n) is 2.85. The molecule has 1 atom stereocenters. The van der Waals surface area contributed by atoms with E-state index in [1.54, 1.807) is 6.20 Å². The lowest BCUT2D eigenvalue weighted by molar-refractivity contribution is 0.635. The fourth-order valence-electron chi connectivity index (χ4n) is 1.96. The highest BCUT2D eigenvalue weighted by Crippen LogP contribution is 2.22. The molecule has 2 aromatic rings. The summed E-state index contributed by atoms with van der Waals surface area (Å²) in [7, 11) is 0. The van der Waals surface area contributed by atoms with Crippen LogP contribution in [0.5, 0.6) is 0 Å². The van der Waals surface area contributed by atoms with Crippen LogP contribution in [0.25, 0.3) is 0 Å². The maximum absolute atomic E-state index is 4.53. The Kier molecular flexibility index (Phi) is 3.65. The molecule has 96 valence electrons. The summed E-state index contributed by atoms with van der Waals surface area (Å²) < 4.78 is 2.16. The van der Waals surface area contributed by atoms with Crippen molar-refractivity contribution in [3.05, 3.63) is 42.0 Å². The quantitative estimate of drug-likeness (QED) is 0.899. The van der Waals surface area contributed by atoms with Crippen molar-refractivity contribution in [3.63, 3.8) is 0 Å². The largest absolute Gasteiger partial charge is 0.353 e. The van der Waals surface area contributed by atoms with Gasteiger partial charge in [0.05, 0.1) is 11.7 Å². The molecule has 4 heteroatoms. The molecule has 0 aliphatic heterocycles. The lowest BCUT2D eigenvalue weighted by Gasteiger charge is -2.18. The summed E-state index contributed by atoms with van der Waals surface area (Å²) in [6.45, 7) is 8.40. The zero-order chi connectivity index (χ0) is 13.1. The average molecular weight is 244 g/mol. The molecule has 2 heterocycles. The van der Waals surface area contributed by atoms with Gasteiger partial charge >= 0.3 is 0 Å². The van der Waals surface area contributed by atoms with Gasteiger partial charge in [-0.1, -0.05) is 6.07 Å². The summed E-state index contributed by atoms with van der Waals surface area (Å²) >= 11 is 0. The normalized spacial score (nSPS) is 12.7. The summed E-state index contributed by atoms with van der Waals surface area (Å²) in [5.74, 6) is 0.916. The van der Waals surface area contributed by atoms with Crippen molar-refractivity contribution in [1.82, 2.24) is 14.5 Å². The highest BCUT2D eigenvalue weighted by molar-refractivity contribution is 5.32. The summed E-state index contributed by atoms with van der Waals surface area (Å²) in [5.41, 5.74) is 2.20. The predicted octanol–water partition coefficient (Wildman–Crippen LogP) is 3.02. The van der Waals surface area contributed by atoms with Crippen LogP contribution in [-0.2, 0) is 0 Å². The summed E-state index contributed by atoms with van der Waals surface area (Å²) in [6, 6.07) is 4.64. The van der Waals surface area contributed by atoms with Gasteiger partial charge in [-0.15, -0.1) is 0 Å². The Labute approximate surface area is 108 Å². The van der Waals surface area contributed by atoms with Gasteiger partial charge in [0.25, 0.3) is 0 Å². The Morgan fingerprint density at radius 3 is 2.67 bits per heavy atom. The van der Waals surface area contributed by atoms with Crippen molar-refractivity contribution < 1.29 is 0 Å². The van der Waals surface area contributed by atoms with E-state index in [0.29, 0.717) is 6.04 Å². The molecule has 0 amide bonds. The Morgan fingerprint density at radius 1 is 1.28 bits per heavy atom. The predicted molar refractivity (Wildman–Crippen MR) is 73.8 cm³/mol. The van der Waals surface area contributed by atoms with Gasteiger partial charge in [-0.05, 0) is 39.3 Å². The fourth-order valence-corrected chi connectivity index (χ4v) is 1.96. The molecule has 0 saturated heterocycles. The van der Waals surface area contributed by atoms with Crippen LogP contribution >= 0.6 is 0 Å². The number of hydrogen-bond acceptors (Lipinski definition) is 3. The maximum Gasteiger partial charge on any atom is 0.203 e. The van der Waals surface area contributed by atoms with Crippen LogP contribution in [0.1, 0.15) is 38.1 Å². The average Bonchev–Trinajstić information content (AvgIpc) is 2.69. The smallest absolute Gasteiger partial charge is 0.203 e. The van der Waals surface area contributed by atoms with E-state index in [4.69, 9.17) is 0 Å². The van der Waals surface area contributed by atoms with E-state index in [0.717, 1.165) is 11.6 Å². The number of pyridine rings is 1. The van der Waals surface area contributed by atoms with Crippen LogP contribution in [0.3, 0.4) is 0 Å². The van der Waals surface area contributed by atoms with Crippen molar-refractivity contribution in [1.29, 1.82) is 0 Å². The molecule has 0 spiro atoms. The number of rotatable bonds is 4. The minimum atomic E-state index is 0.223. The highest BCUT2D eigenvalue weighted by atomic mass is 15.2. The maximum atomic E-state index is 4.53. The number of anilines is 1. The molecule has 0 saturated carbocycles. The molecule has 0 aromatic carbocycles. The number of hydrogen-bond donors (Lipinski definition) is 1. The molecule has 0 aliphatic rings. The first-order chi connectivity index (χ1) is 8.58. The van der Waals surface area contributed by atoms with Crippen molar-refractivity contribution in [2.45, 2.75) is 39.8 Å². The van der Waals surface area contributed by atoms with Crippen LogP contribution in [-0.4, -0.2) is 20.6 Å². The van der Waals surface area contributed by atoms with Gasteiger partial charge in [-0.2, -0.15) is 0 Å². The van der Waals surface area contributed by atoms with Crippen LogP contribution in [0.4, 0.5) is 5.95 Å². The minimum Gasteiger partial charge on any atom is -0.353 e. The molecule has 4 nitrogen and oxygen atoms in total. The molecular formula is C14H20N4. The van der Waals surface area contributed by atoms with Crippen LogP contribution in [0.15, 0.2) is 30.7 Å². The topological polar surface area (TPSA) is 42.7 Å². The van der Waals surface area contributed by atoms with Gasteiger partial charge in [0.15, 0.2) is 0 Å². The first-order valence-electron chi connectivity index (χ1n) is 6.30. The number of nitrogens with zero attached hydrogens (tertiary/aromatic N) is 3.